The molecule has 0 saturated carbocycles. The molecule has 4 heteroatoms. The maximum atomic E-state index is 12.2. The standard InChI is InChI=1S/C16H24N2O2/c1-16(2,3)17-15(19)18-9-10-20-14(12-18)11-13-7-5-4-6-8-13/h4-8,14H,9-12H2,1-3H3,(H,17,19). The lowest BCUT2D eigenvalue weighted by molar-refractivity contribution is -0.0140. The average molecular weight is 276 g/mol. The zero-order valence-electron chi connectivity index (χ0n) is 12.6. The van der Waals surface area contributed by atoms with Crippen molar-refractivity contribution < 1.29 is 9.53 Å². The molecule has 1 unspecified atom stereocenters. The molecule has 20 heavy (non-hydrogen) atoms. The van der Waals surface area contributed by atoms with Gasteiger partial charge < -0.3 is 15.0 Å². The van der Waals surface area contributed by atoms with Crippen molar-refractivity contribution in [1.82, 2.24) is 10.2 Å². The van der Waals surface area contributed by atoms with Gasteiger partial charge in [0.25, 0.3) is 0 Å². The van der Waals surface area contributed by atoms with Crippen molar-refractivity contribution in [3.8, 4) is 0 Å². The molecule has 1 atom stereocenters. The Hall–Kier alpha value is -1.55. The molecule has 110 valence electrons. The Labute approximate surface area is 121 Å². The van der Waals surface area contributed by atoms with Crippen LogP contribution in [0.5, 0.6) is 0 Å². The zero-order valence-corrected chi connectivity index (χ0v) is 12.6. The molecule has 1 saturated heterocycles. The van der Waals surface area contributed by atoms with Crippen LogP contribution in [0.3, 0.4) is 0 Å². The molecule has 1 N–H and O–H groups in total. The van der Waals surface area contributed by atoms with E-state index in [0.29, 0.717) is 19.7 Å². The highest BCUT2D eigenvalue weighted by molar-refractivity contribution is 5.75. The number of hydrogen-bond donors (Lipinski definition) is 1. The Bertz CT molecular complexity index is 440. The lowest BCUT2D eigenvalue weighted by Crippen LogP contribution is -2.54. The number of urea groups is 1. The van der Waals surface area contributed by atoms with Crippen LogP contribution in [-0.4, -0.2) is 42.3 Å². The fourth-order valence-electron chi connectivity index (χ4n) is 2.30. The molecule has 1 aromatic carbocycles. The van der Waals surface area contributed by atoms with Crippen molar-refractivity contribution in [3.05, 3.63) is 35.9 Å². The van der Waals surface area contributed by atoms with Gasteiger partial charge in [-0.2, -0.15) is 0 Å². The van der Waals surface area contributed by atoms with Gasteiger partial charge in [-0.15, -0.1) is 0 Å². The molecule has 1 aromatic rings. The van der Waals surface area contributed by atoms with E-state index in [1.54, 1.807) is 0 Å². The van der Waals surface area contributed by atoms with E-state index in [4.69, 9.17) is 4.74 Å². The van der Waals surface area contributed by atoms with Gasteiger partial charge in [0.05, 0.1) is 12.7 Å². The third kappa shape index (κ3) is 4.53. The van der Waals surface area contributed by atoms with Gasteiger partial charge in [-0.3, -0.25) is 0 Å². The maximum absolute atomic E-state index is 12.2. The first-order valence-electron chi connectivity index (χ1n) is 7.17. The number of benzene rings is 1. The van der Waals surface area contributed by atoms with E-state index in [2.05, 4.69) is 17.4 Å². The Kier molecular flexibility index (Phi) is 4.65. The summed E-state index contributed by atoms with van der Waals surface area (Å²) < 4.78 is 5.77. The van der Waals surface area contributed by atoms with Crippen molar-refractivity contribution in [3.63, 3.8) is 0 Å². The molecular formula is C16H24N2O2. The highest BCUT2D eigenvalue weighted by Gasteiger charge is 2.26. The summed E-state index contributed by atoms with van der Waals surface area (Å²) in [7, 11) is 0. The molecule has 1 aliphatic rings. The van der Waals surface area contributed by atoms with Gasteiger partial charge in [-0.05, 0) is 26.3 Å². The van der Waals surface area contributed by atoms with Gasteiger partial charge in [0, 0.05) is 25.0 Å². The van der Waals surface area contributed by atoms with Crippen LogP contribution in [0.25, 0.3) is 0 Å². The predicted molar refractivity (Wildman–Crippen MR) is 79.7 cm³/mol. The summed E-state index contributed by atoms with van der Waals surface area (Å²) in [5.41, 5.74) is 1.04. The van der Waals surface area contributed by atoms with Crippen LogP contribution in [0.1, 0.15) is 26.3 Å². The minimum absolute atomic E-state index is 0.00105. The normalized spacial score (nSPS) is 19.8. The number of hydrogen-bond acceptors (Lipinski definition) is 2. The van der Waals surface area contributed by atoms with E-state index in [0.717, 1.165) is 6.42 Å². The number of ether oxygens (including phenoxy) is 1. The van der Waals surface area contributed by atoms with Crippen molar-refractivity contribution in [1.29, 1.82) is 0 Å². The number of amides is 2. The van der Waals surface area contributed by atoms with E-state index in [1.165, 1.54) is 5.56 Å². The van der Waals surface area contributed by atoms with Crippen LogP contribution in [0, 0.1) is 0 Å². The van der Waals surface area contributed by atoms with Crippen molar-refractivity contribution in [2.75, 3.05) is 19.7 Å². The lowest BCUT2D eigenvalue weighted by Gasteiger charge is -2.35. The first-order valence-corrected chi connectivity index (χ1v) is 7.17. The first kappa shape index (κ1) is 14.9. The number of rotatable bonds is 2. The van der Waals surface area contributed by atoms with Crippen molar-refractivity contribution in [2.24, 2.45) is 0 Å². The number of carbonyl (C=O) groups excluding carboxylic acids is 1. The van der Waals surface area contributed by atoms with Crippen molar-refractivity contribution >= 4 is 6.03 Å². The first-order chi connectivity index (χ1) is 9.44. The molecule has 0 spiro atoms. The third-order valence-electron chi connectivity index (χ3n) is 3.21. The smallest absolute Gasteiger partial charge is 0.317 e. The van der Waals surface area contributed by atoms with Gasteiger partial charge in [0.2, 0.25) is 0 Å². The second-order valence-corrected chi connectivity index (χ2v) is 6.31. The van der Waals surface area contributed by atoms with Crippen LogP contribution >= 0.6 is 0 Å². The van der Waals surface area contributed by atoms with Crippen molar-refractivity contribution in [2.45, 2.75) is 38.8 Å². The largest absolute Gasteiger partial charge is 0.374 e. The van der Waals surface area contributed by atoms with Crippen LogP contribution in [0.2, 0.25) is 0 Å². The summed E-state index contributed by atoms with van der Waals surface area (Å²) in [5.74, 6) is 0. The van der Waals surface area contributed by atoms with E-state index >= 15 is 0 Å². The molecule has 2 rings (SSSR count). The van der Waals surface area contributed by atoms with Gasteiger partial charge in [0.15, 0.2) is 0 Å². The summed E-state index contributed by atoms with van der Waals surface area (Å²) in [6, 6.07) is 10.3. The average Bonchev–Trinajstić information content (AvgIpc) is 2.38. The Morgan fingerprint density at radius 3 is 2.70 bits per heavy atom. The number of carbonyl (C=O) groups is 1. The molecule has 0 radical (unpaired) electrons. The molecular weight excluding hydrogens is 252 g/mol. The van der Waals surface area contributed by atoms with E-state index < -0.39 is 0 Å². The molecule has 1 fully saturated rings. The predicted octanol–water partition coefficient (Wildman–Crippen LogP) is 2.44. The summed E-state index contributed by atoms with van der Waals surface area (Å²) in [6.07, 6.45) is 0.928. The minimum Gasteiger partial charge on any atom is -0.374 e. The Balaban J connectivity index is 1.90. The maximum Gasteiger partial charge on any atom is 0.317 e. The van der Waals surface area contributed by atoms with Gasteiger partial charge in [-0.1, -0.05) is 30.3 Å². The van der Waals surface area contributed by atoms with Crippen LogP contribution < -0.4 is 5.32 Å². The van der Waals surface area contributed by atoms with E-state index in [-0.39, 0.29) is 17.7 Å². The van der Waals surface area contributed by atoms with Gasteiger partial charge in [-0.25, -0.2) is 4.79 Å². The number of morpholine rings is 1. The second kappa shape index (κ2) is 6.27. The van der Waals surface area contributed by atoms with E-state index in [1.807, 2.05) is 43.9 Å². The fourth-order valence-corrected chi connectivity index (χ4v) is 2.30. The molecule has 1 aliphatic heterocycles. The van der Waals surface area contributed by atoms with Crippen LogP contribution in [-0.2, 0) is 11.2 Å². The third-order valence-corrected chi connectivity index (χ3v) is 3.21. The quantitative estimate of drug-likeness (QED) is 0.901. The molecule has 2 amide bonds. The zero-order chi connectivity index (χ0) is 14.6. The molecule has 0 bridgehead atoms. The van der Waals surface area contributed by atoms with Gasteiger partial charge >= 0.3 is 6.03 Å². The topological polar surface area (TPSA) is 41.6 Å². The highest BCUT2D eigenvalue weighted by Crippen LogP contribution is 2.12. The molecule has 0 aromatic heterocycles. The van der Waals surface area contributed by atoms with Crippen LogP contribution in [0.4, 0.5) is 4.79 Å². The molecule has 1 heterocycles. The summed E-state index contributed by atoms with van der Waals surface area (Å²) in [6.45, 7) is 7.89. The summed E-state index contributed by atoms with van der Waals surface area (Å²) in [5, 5.41) is 3.00. The highest BCUT2D eigenvalue weighted by atomic mass is 16.5. The molecule has 4 nitrogen and oxygen atoms in total. The summed E-state index contributed by atoms with van der Waals surface area (Å²) >= 11 is 0. The SMILES string of the molecule is CC(C)(C)NC(=O)N1CCOC(Cc2ccccc2)C1. The summed E-state index contributed by atoms with van der Waals surface area (Å²) in [4.78, 5) is 14.0. The minimum atomic E-state index is -0.204. The second-order valence-electron chi connectivity index (χ2n) is 6.31. The Morgan fingerprint density at radius 1 is 1.35 bits per heavy atom. The number of nitrogens with one attached hydrogen (secondary N) is 1. The van der Waals surface area contributed by atoms with E-state index in [9.17, 15) is 4.79 Å². The van der Waals surface area contributed by atoms with Gasteiger partial charge in [0.1, 0.15) is 0 Å². The molecule has 0 aliphatic carbocycles. The fraction of sp³-hybridized carbons (Fsp3) is 0.562. The monoisotopic (exact) mass is 276 g/mol. The lowest BCUT2D eigenvalue weighted by atomic mass is 10.1. The number of nitrogens with zero attached hydrogens (tertiary/aromatic N) is 1. The van der Waals surface area contributed by atoms with Crippen LogP contribution in [0.15, 0.2) is 30.3 Å². The Morgan fingerprint density at radius 2 is 2.05 bits per heavy atom.